The van der Waals surface area contributed by atoms with Gasteiger partial charge in [0.1, 0.15) is 0 Å². The molecular formula is C30H24N4. The van der Waals surface area contributed by atoms with E-state index in [0.717, 1.165) is 64.9 Å². The van der Waals surface area contributed by atoms with Crippen molar-refractivity contribution in [3.63, 3.8) is 0 Å². The van der Waals surface area contributed by atoms with Crippen LogP contribution in [-0.4, -0.2) is 22.8 Å². The van der Waals surface area contributed by atoms with Crippen molar-refractivity contribution < 1.29 is 0 Å². The molecule has 1 aromatic rings. The van der Waals surface area contributed by atoms with Gasteiger partial charge in [0.05, 0.1) is 45.6 Å². The summed E-state index contributed by atoms with van der Waals surface area (Å²) in [6, 6.07) is 10.6. The number of nitrogens with zero attached hydrogens (tertiary/aromatic N) is 4. The number of rotatable bonds is 4. The Morgan fingerprint density at radius 1 is 0.618 bits per heavy atom. The van der Waals surface area contributed by atoms with Crippen molar-refractivity contribution in [1.29, 1.82) is 0 Å². The minimum Gasteiger partial charge on any atom is -0.249 e. The normalized spacial score (nSPS) is 20.0. The van der Waals surface area contributed by atoms with E-state index < -0.39 is 0 Å². The zero-order chi connectivity index (χ0) is 22.9. The molecule has 34 heavy (non-hydrogen) atoms. The molecule has 0 amide bonds. The maximum absolute atomic E-state index is 5.12. The van der Waals surface area contributed by atoms with E-state index in [9.17, 15) is 0 Å². The molecular weight excluding hydrogens is 416 g/mol. The lowest BCUT2D eigenvalue weighted by Crippen LogP contribution is -1.99. The van der Waals surface area contributed by atoms with Crippen LogP contribution in [0.15, 0.2) is 139 Å². The highest BCUT2D eigenvalue weighted by Crippen LogP contribution is 2.37. The minimum atomic E-state index is 0.891. The predicted molar refractivity (Wildman–Crippen MR) is 142 cm³/mol. The zero-order valence-corrected chi connectivity index (χ0v) is 19.1. The molecule has 6 rings (SSSR count). The Morgan fingerprint density at radius 2 is 1.21 bits per heavy atom. The molecule has 0 spiro atoms. The molecule has 1 aromatic carbocycles. The van der Waals surface area contributed by atoms with Crippen molar-refractivity contribution >= 4 is 28.4 Å². The molecule has 0 N–H and O–H groups in total. The third-order valence-electron chi connectivity index (χ3n) is 6.16. The molecule has 0 fully saturated rings. The van der Waals surface area contributed by atoms with Crippen LogP contribution >= 0.6 is 0 Å². The monoisotopic (exact) mass is 440 g/mol. The quantitative estimate of drug-likeness (QED) is 0.502. The molecule has 4 heteroatoms. The summed E-state index contributed by atoms with van der Waals surface area (Å²) >= 11 is 0. The van der Waals surface area contributed by atoms with Gasteiger partial charge in [0.15, 0.2) is 0 Å². The molecule has 0 saturated heterocycles. The topological polar surface area (TPSA) is 49.4 Å². The Labute approximate surface area is 199 Å². The molecule has 0 saturated carbocycles. The number of hydrogen-bond donors (Lipinski definition) is 0. The van der Waals surface area contributed by atoms with Gasteiger partial charge in [0.2, 0.25) is 0 Å². The first-order chi connectivity index (χ1) is 16.7. The molecule has 0 atom stereocenters. The van der Waals surface area contributed by atoms with E-state index in [4.69, 9.17) is 20.0 Å². The van der Waals surface area contributed by atoms with E-state index >= 15 is 0 Å². The lowest BCUT2D eigenvalue weighted by atomic mass is 9.93. The first kappa shape index (κ1) is 20.4. The highest BCUT2D eigenvalue weighted by atomic mass is 14.8. The van der Waals surface area contributed by atoms with Gasteiger partial charge in [0.25, 0.3) is 0 Å². The van der Waals surface area contributed by atoms with Gasteiger partial charge < -0.3 is 0 Å². The Hall–Kier alpha value is -4.18. The standard InChI is InChI=1S/C30H24N4/c1-2-3-9-27-28-18-25-14-12-23(32-25)16-21-10-11-22(31-21)17-24-13-15-26(33-24)19-29(34-28)30(27)20-7-5-4-6-8-20/h4-8,10-19H,2-3,9H2,1H3. The number of allylic oxidation sites excluding steroid dienone is 12. The maximum atomic E-state index is 5.12. The van der Waals surface area contributed by atoms with Crippen molar-refractivity contribution in [3.8, 4) is 0 Å². The van der Waals surface area contributed by atoms with Gasteiger partial charge in [-0.15, -0.1) is 0 Å². The predicted octanol–water partition coefficient (Wildman–Crippen LogP) is 6.67. The highest BCUT2D eigenvalue weighted by Gasteiger charge is 2.25. The Balaban J connectivity index is 1.55. The summed E-state index contributed by atoms with van der Waals surface area (Å²) in [6.07, 6.45) is 23.6. The van der Waals surface area contributed by atoms with Gasteiger partial charge in [-0.1, -0.05) is 43.7 Å². The third-order valence-corrected chi connectivity index (χ3v) is 6.16. The van der Waals surface area contributed by atoms with Gasteiger partial charge in [-0.05, 0) is 84.7 Å². The summed E-state index contributed by atoms with van der Waals surface area (Å²) in [5.74, 6) is 0. The van der Waals surface area contributed by atoms with Crippen LogP contribution in [0.3, 0.4) is 0 Å². The number of aliphatic imine (C=N–C) groups is 4. The minimum absolute atomic E-state index is 0.891. The summed E-state index contributed by atoms with van der Waals surface area (Å²) in [7, 11) is 0. The molecule has 0 unspecified atom stereocenters. The first-order valence-corrected chi connectivity index (χ1v) is 11.8. The summed E-state index contributed by atoms with van der Waals surface area (Å²) in [5.41, 5.74) is 11.0. The maximum Gasteiger partial charge on any atom is 0.0740 e. The van der Waals surface area contributed by atoms with E-state index in [0.29, 0.717) is 0 Å². The van der Waals surface area contributed by atoms with E-state index in [1.54, 1.807) is 0 Å². The van der Waals surface area contributed by atoms with Crippen molar-refractivity contribution in [2.45, 2.75) is 26.2 Å². The van der Waals surface area contributed by atoms with Crippen molar-refractivity contribution in [3.05, 3.63) is 125 Å². The van der Waals surface area contributed by atoms with Crippen molar-refractivity contribution in [1.82, 2.24) is 0 Å². The van der Waals surface area contributed by atoms with Crippen LogP contribution in [0.25, 0.3) is 5.57 Å². The average molecular weight is 441 g/mol. The summed E-state index contributed by atoms with van der Waals surface area (Å²) in [6.45, 7) is 2.23. The Kier molecular flexibility index (Phi) is 5.19. The third kappa shape index (κ3) is 3.99. The molecule has 0 aromatic heterocycles. The van der Waals surface area contributed by atoms with Crippen LogP contribution in [-0.2, 0) is 0 Å². The Morgan fingerprint density at radius 3 is 1.82 bits per heavy atom. The molecule has 5 aliphatic heterocycles. The highest BCUT2D eigenvalue weighted by molar-refractivity contribution is 6.22. The lowest BCUT2D eigenvalue weighted by Gasteiger charge is -2.09. The Bertz CT molecular complexity index is 1440. The van der Waals surface area contributed by atoms with Gasteiger partial charge in [0, 0.05) is 5.57 Å². The summed E-state index contributed by atoms with van der Waals surface area (Å²) < 4.78 is 0. The molecule has 5 aliphatic rings. The van der Waals surface area contributed by atoms with Gasteiger partial charge in [-0.25, -0.2) is 20.0 Å². The van der Waals surface area contributed by atoms with E-state index in [-0.39, 0.29) is 0 Å². The second-order valence-corrected chi connectivity index (χ2v) is 8.67. The van der Waals surface area contributed by atoms with Gasteiger partial charge in [-0.2, -0.15) is 0 Å². The van der Waals surface area contributed by atoms with Crippen LogP contribution in [0.2, 0.25) is 0 Å². The van der Waals surface area contributed by atoms with E-state index in [1.165, 1.54) is 16.7 Å². The van der Waals surface area contributed by atoms with Crippen LogP contribution in [0.1, 0.15) is 31.7 Å². The smallest absolute Gasteiger partial charge is 0.0740 e. The molecule has 8 bridgehead atoms. The van der Waals surface area contributed by atoms with Gasteiger partial charge in [-0.3, -0.25) is 0 Å². The van der Waals surface area contributed by atoms with Crippen molar-refractivity contribution in [2.24, 2.45) is 20.0 Å². The number of benzene rings is 1. The molecule has 164 valence electrons. The van der Waals surface area contributed by atoms with Crippen LogP contribution in [0.5, 0.6) is 0 Å². The molecule has 0 aliphatic carbocycles. The summed E-state index contributed by atoms with van der Waals surface area (Å²) in [4.78, 5) is 19.5. The van der Waals surface area contributed by atoms with E-state index in [2.05, 4.69) is 49.4 Å². The number of fused-ring (bicyclic) bond motifs is 4. The van der Waals surface area contributed by atoms with Gasteiger partial charge >= 0.3 is 0 Å². The molecule has 5 heterocycles. The fourth-order valence-corrected chi connectivity index (χ4v) is 4.54. The number of unbranched alkanes of at least 4 members (excludes halogenated alkanes) is 1. The zero-order valence-electron chi connectivity index (χ0n) is 19.1. The second kappa shape index (κ2) is 8.64. The fourth-order valence-electron chi connectivity index (χ4n) is 4.54. The van der Waals surface area contributed by atoms with Crippen LogP contribution in [0, 0.1) is 0 Å². The molecule has 4 nitrogen and oxygen atoms in total. The first-order valence-electron chi connectivity index (χ1n) is 11.8. The largest absolute Gasteiger partial charge is 0.249 e. The average Bonchev–Trinajstić information content (AvgIpc) is 3.63. The van der Waals surface area contributed by atoms with Crippen LogP contribution < -0.4 is 0 Å². The van der Waals surface area contributed by atoms with E-state index in [1.807, 2.05) is 48.6 Å². The lowest BCUT2D eigenvalue weighted by molar-refractivity contribution is 0.805. The SMILES string of the molecule is CCCCC1=C(c2ccccc2)C2=CC3=NC(=CC4=NC(=CC5=NC(=CC1=N2)C=C5)C=C4)C=C3. The molecule has 0 radical (unpaired) electrons. The summed E-state index contributed by atoms with van der Waals surface area (Å²) in [5, 5.41) is 0. The fraction of sp³-hybridized carbons (Fsp3) is 0.133. The number of hydrogen-bond acceptors (Lipinski definition) is 4. The van der Waals surface area contributed by atoms with Crippen LogP contribution in [0.4, 0.5) is 0 Å². The van der Waals surface area contributed by atoms with Crippen molar-refractivity contribution in [2.75, 3.05) is 0 Å². The second-order valence-electron chi connectivity index (χ2n) is 8.67.